The van der Waals surface area contributed by atoms with Crippen molar-refractivity contribution < 1.29 is 18.0 Å². The molecule has 0 heterocycles. The van der Waals surface area contributed by atoms with Crippen LogP contribution in [0, 0.1) is 6.92 Å². The van der Waals surface area contributed by atoms with Crippen LogP contribution in [0.2, 0.25) is 5.02 Å². The molecule has 2 amide bonds. The van der Waals surface area contributed by atoms with Crippen molar-refractivity contribution in [2.45, 2.75) is 25.2 Å². The summed E-state index contributed by atoms with van der Waals surface area (Å²) < 4.78 is 26.8. The number of hydrogen-bond acceptors (Lipinski definition) is 4. The van der Waals surface area contributed by atoms with Gasteiger partial charge in [-0.2, -0.15) is 0 Å². The Morgan fingerprint density at radius 3 is 2.44 bits per heavy atom. The summed E-state index contributed by atoms with van der Waals surface area (Å²) in [5.74, 6) is -0.648. The molecule has 0 atom stereocenters. The van der Waals surface area contributed by atoms with Gasteiger partial charge >= 0.3 is 0 Å². The van der Waals surface area contributed by atoms with Crippen molar-refractivity contribution in [2.24, 2.45) is 0 Å². The monoisotopic (exact) mass is 409 g/mol. The number of halogens is 1. The van der Waals surface area contributed by atoms with E-state index in [1.807, 2.05) is 6.92 Å². The molecule has 144 valence electrons. The Morgan fingerprint density at radius 2 is 1.78 bits per heavy atom. The highest BCUT2D eigenvalue weighted by Crippen LogP contribution is 2.23. The lowest BCUT2D eigenvalue weighted by Crippen LogP contribution is -2.28. The second-order valence-electron chi connectivity index (χ2n) is 5.88. The minimum absolute atomic E-state index is 0.0297. The maximum atomic E-state index is 12.2. The normalized spacial score (nSPS) is 11.1. The molecule has 0 spiro atoms. The topological polar surface area (TPSA) is 104 Å². The molecule has 2 aromatic carbocycles. The summed E-state index contributed by atoms with van der Waals surface area (Å²) in [7, 11) is -3.75. The highest BCUT2D eigenvalue weighted by atomic mass is 35.5. The third-order valence-corrected chi connectivity index (χ3v) is 5.20. The summed E-state index contributed by atoms with van der Waals surface area (Å²) in [6, 6.07) is 11.1. The molecule has 0 aliphatic rings. The van der Waals surface area contributed by atoms with E-state index in [1.54, 1.807) is 24.3 Å². The number of carbonyl (C=O) groups excluding carboxylic acids is 2. The summed E-state index contributed by atoms with van der Waals surface area (Å²) in [5, 5.41) is 5.62. The van der Waals surface area contributed by atoms with Gasteiger partial charge in [0.05, 0.1) is 16.3 Å². The van der Waals surface area contributed by atoms with Crippen LogP contribution in [0.3, 0.4) is 0 Å². The maximum Gasteiger partial charge on any atom is 0.240 e. The molecule has 27 heavy (non-hydrogen) atoms. The largest absolute Gasteiger partial charge is 0.325 e. The molecule has 0 aromatic heterocycles. The van der Waals surface area contributed by atoms with Crippen molar-refractivity contribution in [3.8, 4) is 0 Å². The van der Waals surface area contributed by atoms with Crippen molar-refractivity contribution in [1.29, 1.82) is 0 Å². The molecule has 0 bridgehead atoms. The van der Waals surface area contributed by atoms with Crippen LogP contribution in [0.25, 0.3) is 0 Å². The SMILES string of the molecule is CC(=O)Nc1ccc(C)cc1NC(=O)CCNS(=O)(=O)c1cccc(Cl)c1. The minimum Gasteiger partial charge on any atom is -0.325 e. The lowest BCUT2D eigenvalue weighted by Gasteiger charge is -2.13. The highest BCUT2D eigenvalue weighted by molar-refractivity contribution is 7.89. The second kappa shape index (κ2) is 8.98. The van der Waals surface area contributed by atoms with Gasteiger partial charge in [0.1, 0.15) is 0 Å². The lowest BCUT2D eigenvalue weighted by molar-refractivity contribution is -0.116. The van der Waals surface area contributed by atoms with E-state index in [-0.39, 0.29) is 29.7 Å². The quantitative estimate of drug-likeness (QED) is 0.653. The first kappa shape index (κ1) is 20.9. The number of hydrogen-bond donors (Lipinski definition) is 3. The van der Waals surface area contributed by atoms with Crippen LogP contribution in [0.15, 0.2) is 47.4 Å². The van der Waals surface area contributed by atoms with E-state index >= 15 is 0 Å². The van der Waals surface area contributed by atoms with E-state index in [4.69, 9.17) is 11.6 Å². The number of amides is 2. The van der Waals surface area contributed by atoms with Gasteiger partial charge in [0.25, 0.3) is 0 Å². The van der Waals surface area contributed by atoms with Crippen LogP contribution in [0.1, 0.15) is 18.9 Å². The number of carbonyl (C=O) groups is 2. The second-order valence-corrected chi connectivity index (χ2v) is 8.09. The molecular formula is C18H20ClN3O4S. The molecule has 0 aliphatic heterocycles. The van der Waals surface area contributed by atoms with Gasteiger partial charge in [-0.1, -0.05) is 23.7 Å². The van der Waals surface area contributed by atoms with Gasteiger partial charge in [-0.3, -0.25) is 9.59 Å². The summed E-state index contributed by atoms with van der Waals surface area (Å²) in [6.07, 6.45) is -0.0761. The first-order chi connectivity index (χ1) is 12.7. The molecule has 0 saturated carbocycles. The van der Waals surface area contributed by atoms with Crippen molar-refractivity contribution in [1.82, 2.24) is 4.72 Å². The average Bonchev–Trinajstić information content (AvgIpc) is 2.57. The Balaban J connectivity index is 1.97. The minimum atomic E-state index is -3.75. The predicted octanol–water partition coefficient (Wildman–Crippen LogP) is 2.91. The van der Waals surface area contributed by atoms with Gasteiger partial charge in [0.2, 0.25) is 21.8 Å². The molecule has 0 unspecified atom stereocenters. The first-order valence-corrected chi connectivity index (χ1v) is 9.97. The molecule has 9 heteroatoms. The molecule has 0 radical (unpaired) electrons. The number of rotatable bonds is 7. The van der Waals surface area contributed by atoms with E-state index in [0.717, 1.165) is 5.56 Å². The summed E-state index contributed by atoms with van der Waals surface area (Å²) >= 11 is 5.80. The van der Waals surface area contributed by atoms with Crippen LogP contribution in [0.5, 0.6) is 0 Å². The summed E-state index contributed by atoms with van der Waals surface area (Å²) in [5.41, 5.74) is 1.83. The fourth-order valence-corrected chi connectivity index (χ4v) is 3.62. The zero-order valence-corrected chi connectivity index (χ0v) is 16.4. The van der Waals surface area contributed by atoms with E-state index in [1.165, 1.54) is 25.1 Å². The average molecular weight is 410 g/mol. The maximum absolute atomic E-state index is 12.2. The van der Waals surface area contributed by atoms with Gasteiger partial charge in [-0.05, 0) is 42.8 Å². The number of sulfonamides is 1. The van der Waals surface area contributed by atoms with Crippen molar-refractivity contribution in [3.05, 3.63) is 53.1 Å². The first-order valence-electron chi connectivity index (χ1n) is 8.11. The zero-order valence-electron chi connectivity index (χ0n) is 14.9. The Kier molecular flexibility index (Phi) is 6.95. The van der Waals surface area contributed by atoms with Gasteiger partial charge in [-0.15, -0.1) is 0 Å². The van der Waals surface area contributed by atoms with Crippen LogP contribution in [-0.4, -0.2) is 26.8 Å². The Morgan fingerprint density at radius 1 is 1.04 bits per heavy atom. The summed E-state index contributed by atoms with van der Waals surface area (Å²) in [6.45, 7) is 3.14. The number of benzene rings is 2. The van der Waals surface area contributed by atoms with Crippen LogP contribution in [-0.2, 0) is 19.6 Å². The number of aryl methyl sites for hydroxylation is 1. The Hall–Kier alpha value is -2.42. The molecule has 0 aliphatic carbocycles. The van der Waals surface area contributed by atoms with Gasteiger partial charge < -0.3 is 10.6 Å². The highest BCUT2D eigenvalue weighted by Gasteiger charge is 2.15. The standard InChI is InChI=1S/C18H20ClN3O4S/c1-12-6-7-16(21-13(2)23)17(10-12)22-18(24)8-9-20-27(25,26)15-5-3-4-14(19)11-15/h3-7,10-11,20H,8-9H2,1-2H3,(H,21,23)(H,22,24). The fraction of sp³-hybridized carbons (Fsp3) is 0.222. The van der Waals surface area contributed by atoms with Gasteiger partial charge in [0, 0.05) is 24.9 Å². The Labute approximate surface area is 163 Å². The molecule has 2 aromatic rings. The third kappa shape index (κ3) is 6.35. The summed E-state index contributed by atoms with van der Waals surface area (Å²) in [4.78, 5) is 23.5. The zero-order chi connectivity index (χ0) is 20.0. The molecule has 0 saturated heterocycles. The third-order valence-electron chi connectivity index (χ3n) is 3.51. The van der Waals surface area contributed by atoms with E-state index in [0.29, 0.717) is 16.4 Å². The number of anilines is 2. The predicted molar refractivity (Wildman–Crippen MR) is 105 cm³/mol. The van der Waals surface area contributed by atoms with Crippen molar-refractivity contribution in [3.63, 3.8) is 0 Å². The van der Waals surface area contributed by atoms with E-state index in [9.17, 15) is 18.0 Å². The van der Waals surface area contributed by atoms with Crippen molar-refractivity contribution >= 4 is 44.8 Å². The molecular weight excluding hydrogens is 390 g/mol. The fourth-order valence-electron chi connectivity index (χ4n) is 2.29. The van der Waals surface area contributed by atoms with Crippen LogP contribution >= 0.6 is 11.6 Å². The van der Waals surface area contributed by atoms with Gasteiger partial charge in [-0.25, -0.2) is 13.1 Å². The molecule has 3 N–H and O–H groups in total. The Bertz CT molecular complexity index is 961. The lowest BCUT2D eigenvalue weighted by atomic mass is 10.2. The van der Waals surface area contributed by atoms with Crippen LogP contribution < -0.4 is 15.4 Å². The molecule has 2 rings (SSSR count). The van der Waals surface area contributed by atoms with E-state index < -0.39 is 10.0 Å². The molecule has 0 fully saturated rings. The smallest absolute Gasteiger partial charge is 0.240 e. The van der Waals surface area contributed by atoms with Crippen LogP contribution in [0.4, 0.5) is 11.4 Å². The van der Waals surface area contributed by atoms with Gasteiger partial charge in [0.15, 0.2) is 0 Å². The van der Waals surface area contributed by atoms with Crippen molar-refractivity contribution in [2.75, 3.05) is 17.2 Å². The number of nitrogens with one attached hydrogen (secondary N) is 3. The molecule has 7 nitrogen and oxygen atoms in total. The van der Waals surface area contributed by atoms with E-state index in [2.05, 4.69) is 15.4 Å².